The minimum atomic E-state index is -0.0481. The molecular weight excluding hydrogens is 303 g/mol. The van der Waals surface area contributed by atoms with Crippen LogP contribution in [0.1, 0.15) is 36.0 Å². The Morgan fingerprint density at radius 3 is 2.62 bits per heavy atom. The van der Waals surface area contributed by atoms with Crippen molar-refractivity contribution in [3.8, 4) is 0 Å². The molecule has 21 heavy (non-hydrogen) atoms. The van der Waals surface area contributed by atoms with Crippen LogP contribution >= 0.6 is 23.2 Å². The van der Waals surface area contributed by atoms with Gasteiger partial charge in [-0.2, -0.15) is 0 Å². The summed E-state index contributed by atoms with van der Waals surface area (Å²) in [5, 5.41) is 10.5. The van der Waals surface area contributed by atoms with Gasteiger partial charge in [-0.3, -0.25) is 0 Å². The number of rotatable bonds is 4. The summed E-state index contributed by atoms with van der Waals surface area (Å²) in [5.74, 6) is 0. The zero-order valence-corrected chi connectivity index (χ0v) is 13.3. The van der Waals surface area contributed by atoms with Crippen molar-refractivity contribution in [3.05, 3.63) is 69.2 Å². The van der Waals surface area contributed by atoms with E-state index in [1.165, 1.54) is 16.7 Å². The highest BCUT2D eigenvalue weighted by Gasteiger charge is 2.39. The summed E-state index contributed by atoms with van der Waals surface area (Å²) < 4.78 is 0. The van der Waals surface area contributed by atoms with E-state index >= 15 is 0 Å². The smallest absolute Gasteiger partial charge is 0.0595 e. The number of aliphatic hydroxyl groups excluding tert-OH is 1. The second kappa shape index (κ2) is 6.00. The van der Waals surface area contributed by atoms with Gasteiger partial charge in [-0.15, -0.1) is 0 Å². The van der Waals surface area contributed by atoms with Gasteiger partial charge in [0.25, 0.3) is 0 Å². The third kappa shape index (κ3) is 2.59. The highest BCUT2D eigenvalue weighted by atomic mass is 35.5. The molecular formula is C18H18Cl2O. The Balaban J connectivity index is 2.12. The van der Waals surface area contributed by atoms with Crippen LogP contribution in [-0.4, -0.2) is 11.7 Å². The molecule has 0 bridgehead atoms. The normalized spacial score (nSPS) is 20.5. The van der Waals surface area contributed by atoms with Crippen molar-refractivity contribution in [3.63, 3.8) is 0 Å². The molecule has 0 saturated carbocycles. The molecule has 2 aromatic rings. The number of benzene rings is 2. The average molecular weight is 321 g/mol. The summed E-state index contributed by atoms with van der Waals surface area (Å²) in [5.41, 5.74) is 3.93. The maximum atomic E-state index is 9.29. The van der Waals surface area contributed by atoms with Crippen LogP contribution in [0.2, 0.25) is 10.0 Å². The Morgan fingerprint density at radius 2 is 1.86 bits per heavy atom. The molecule has 3 heteroatoms. The lowest BCUT2D eigenvalue weighted by Gasteiger charge is -2.31. The van der Waals surface area contributed by atoms with Crippen molar-refractivity contribution >= 4 is 23.2 Å². The molecule has 1 unspecified atom stereocenters. The lowest BCUT2D eigenvalue weighted by Crippen LogP contribution is -2.25. The van der Waals surface area contributed by atoms with Gasteiger partial charge >= 0.3 is 0 Å². The highest BCUT2D eigenvalue weighted by molar-refractivity contribution is 6.42. The Labute approximate surface area is 135 Å². The van der Waals surface area contributed by atoms with Gasteiger partial charge in [0.1, 0.15) is 0 Å². The quantitative estimate of drug-likeness (QED) is 0.840. The first-order valence-corrected chi connectivity index (χ1v) is 8.08. The number of halogens is 2. The fourth-order valence-corrected chi connectivity index (χ4v) is 3.86. The van der Waals surface area contributed by atoms with E-state index in [0.29, 0.717) is 10.0 Å². The van der Waals surface area contributed by atoms with Crippen LogP contribution in [0.25, 0.3) is 0 Å². The largest absolute Gasteiger partial charge is 0.396 e. The monoisotopic (exact) mass is 320 g/mol. The van der Waals surface area contributed by atoms with Gasteiger partial charge in [0.2, 0.25) is 0 Å². The van der Waals surface area contributed by atoms with Gasteiger partial charge in [-0.05, 0) is 54.5 Å². The molecule has 110 valence electrons. The lowest BCUT2D eigenvalue weighted by molar-refractivity contribution is 0.268. The first kappa shape index (κ1) is 14.9. The number of hydrogen-bond acceptors (Lipinski definition) is 1. The van der Waals surface area contributed by atoms with Crippen molar-refractivity contribution in [2.75, 3.05) is 6.61 Å². The fraction of sp³-hybridized carbons (Fsp3) is 0.333. The molecule has 0 saturated heterocycles. The van der Waals surface area contributed by atoms with Crippen LogP contribution in [0.5, 0.6) is 0 Å². The maximum absolute atomic E-state index is 9.29. The van der Waals surface area contributed by atoms with Gasteiger partial charge in [0, 0.05) is 12.0 Å². The van der Waals surface area contributed by atoms with E-state index in [9.17, 15) is 5.11 Å². The minimum absolute atomic E-state index is 0.0481. The predicted octanol–water partition coefficient (Wildman–Crippen LogP) is 5.00. The van der Waals surface area contributed by atoms with E-state index < -0.39 is 0 Å². The second-order valence-corrected chi connectivity index (χ2v) is 6.51. The molecule has 1 nitrogen and oxygen atoms in total. The van der Waals surface area contributed by atoms with Gasteiger partial charge in [-0.1, -0.05) is 53.5 Å². The second-order valence-electron chi connectivity index (χ2n) is 5.70. The molecule has 1 N–H and O–H groups in total. The SMILES string of the molecule is OCCCC1(c2ccc(Cl)c(Cl)c2)CCc2ccccc21. The first-order chi connectivity index (χ1) is 10.2. The van der Waals surface area contributed by atoms with Crippen LogP contribution in [0.4, 0.5) is 0 Å². The zero-order valence-electron chi connectivity index (χ0n) is 11.8. The Kier molecular flexibility index (Phi) is 4.26. The summed E-state index contributed by atoms with van der Waals surface area (Å²) >= 11 is 12.3. The van der Waals surface area contributed by atoms with E-state index in [-0.39, 0.29) is 12.0 Å². The van der Waals surface area contributed by atoms with Crippen LogP contribution < -0.4 is 0 Å². The minimum Gasteiger partial charge on any atom is -0.396 e. The van der Waals surface area contributed by atoms with Gasteiger partial charge in [0.05, 0.1) is 10.0 Å². The van der Waals surface area contributed by atoms with Crippen molar-refractivity contribution in [1.29, 1.82) is 0 Å². The molecule has 3 rings (SSSR count). The summed E-state index contributed by atoms with van der Waals surface area (Å²) in [7, 11) is 0. The first-order valence-electron chi connectivity index (χ1n) is 7.32. The van der Waals surface area contributed by atoms with Crippen molar-refractivity contribution in [2.45, 2.75) is 31.1 Å². The molecule has 0 aromatic heterocycles. The lowest BCUT2D eigenvalue weighted by atomic mass is 9.72. The Morgan fingerprint density at radius 1 is 1.05 bits per heavy atom. The molecule has 0 spiro atoms. The average Bonchev–Trinajstić information content (AvgIpc) is 2.88. The molecule has 0 amide bonds. The van der Waals surface area contributed by atoms with Crippen LogP contribution in [0.3, 0.4) is 0 Å². The van der Waals surface area contributed by atoms with Crippen molar-refractivity contribution in [2.24, 2.45) is 0 Å². The third-order valence-corrected chi connectivity index (χ3v) is 5.33. The molecule has 0 heterocycles. The van der Waals surface area contributed by atoms with E-state index in [2.05, 4.69) is 30.3 Å². The van der Waals surface area contributed by atoms with Gasteiger partial charge in [0.15, 0.2) is 0 Å². The zero-order chi connectivity index (χ0) is 14.9. The maximum Gasteiger partial charge on any atom is 0.0595 e. The van der Waals surface area contributed by atoms with Crippen LogP contribution in [0.15, 0.2) is 42.5 Å². The van der Waals surface area contributed by atoms with E-state index in [1.807, 2.05) is 12.1 Å². The molecule has 1 atom stereocenters. The molecule has 1 aliphatic carbocycles. The standard InChI is InChI=1S/C18H18Cl2O/c19-16-7-6-14(12-17(16)20)18(9-3-11-21)10-8-13-4-1-2-5-15(13)18/h1-2,4-7,12,21H,3,8-11H2. The summed E-state index contributed by atoms with van der Waals surface area (Å²) in [6.45, 7) is 0.214. The number of aryl methyl sites for hydroxylation is 1. The molecule has 1 aliphatic rings. The molecule has 0 radical (unpaired) electrons. The summed E-state index contributed by atoms with van der Waals surface area (Å²) in [6, 6.07) is 14.5. The van der Waals surface area contributed by atoms with Crippen LogP contribution in [0, 0.1) is 0 Å². The third-order valence-electron chi connectivity index (χ3n) is 4.59. The van der Waals surface area contributed by atoms with Crippen molar-refractivity contribution < 1.29 is 5.11 Å². The van der Waals surface area contributed by atoms with Gasteiger partial charge in [-0.25, -0.2) is 0 Å². The van der Waals surface area contributed by atoms with E-state index in [4.69, 9.17) is 23.2 Å². The van der Waals surface area contributed by atoms with Crippen LogP contribution in [-0.2, 0) is 11.8 Å². The number of aliphatic hydroxyl groups is 1. The molecule has 0 fully saturated rings. The fourth-order valence-electron chi connectivity index (χ4n) is 3.57. The topological polar surface area (TPSA) is 20.2 Å². The predicted molar refractivity (Wildman–Crippen MR) is 88.3 cm³/mol. The van der Waals surface area contributed by atoms with Gasteiger partial charge < -0.3 is 5.11 Å². The van der Waals surface area contributed by atoms with E-state index in [0.717, 1.165) is 25.7 Å². The molecule has 0 aliphatic heterocycles. The number of hydrogen-bond donors (Lipinski definition) is 1. The summed E-state index contributed by atoms with van der Waals surface area (Å²) in [6.07, 6.45) is 3.85. The molecule has 2 aromatic carbocycles. The highest BCUT2D eigenvalue weighted by Crippen LogP contribution is 2.48. The summed E-state index contributed by atoms with van der Waals surface area (Å²) in [4.78, 5) is 0. The van der Waals surface area contributed by atoms with E-state index in [1.54, 1.807) is 0 Å². The number of fused-ring (bicyclic) bond motifs is 1. The Hall–Kier alpha value is -1.02. The Bertz CT molecular complexity index is 653. The van der Waals surface area contributed by atoms with Crippen molar-refractivity contribution in [1.82, 2.24) is 0 Å².